The third-order valence-corrected chi connectivity index (χ3v) is 4.13. The maximum atomic E-state index is 13.2. The molecule has 2 rings (SSSR count). The van der Waals surface area contributed by atoms with E-state index in [1.807, 2.05) is 24.3 Å². The highest BCUT2D eigenvalue weighted by atomic mass is 35.5. The second-order valence-corrected chi connectivity index (χ2v) is 5.31. The van der Waals surface area contributed by atoms with Gasteiger partial charge < -0.3 is 5.73 Å². The summed E-state index contributed by atoms with van der Waals surface area (Å²) in [6, 6.07) is 12.4. The van der Waals surface area contributed by atoms with E-state index in [-0.39, 0.29) is 5.82 Å². The van der Waals surface area contributed by atoms with Crippen molar-refractivity contribution in [2.45, 2.75) is 16.2 Å². The number of nitrogens with two attached hydrogens (primary N) is 1. The lowest BCUT2D eigenvalue weighted by Gasteiger charge is -2.09. The predicted octanol–water partition coefficient (Wildman–Crippen LogP) is 4.13. The van der Waals surface area contributed by atoms with Gasteiger partial charge in [0.1, 0.15) is 5.82 Å². The highest BCUT2D eigenvalue weighted by molar-refractivity contribution is 7.99. The van der Waals surface area contributed by atoms with Gasteiger partial charge in [-0.1, -0.05) is 35.5 Å². The van der Waals surface area contributed by atoms with Crippen molar-refractivity contribution in [3.05, 3.63) is 58.9 Å². The molecule has 2 aromatic rings. The van der Waals surface area contributed by atoms with E-state index < -0.39 is 0 Å². The van der Waals surface area contributed by atoms with E-state index in [0.29, 0.717) is 18.0 Å². The van der Waals surface area contributed by atoms with Crippen LogP contribution in [0.1, 0.15) is 5.56 Å². The summed E-state index contributed by atoms with van der Waals surface area (Å²) in [5.41, 5.74) is 6.46. The minimum absolute atomic E-state index is 0.234. The van der Waals surface area contributed by atoms with Gasteiger partial charge in [0.15, 0.2) is 0 Å². The molecule has 0 aliphatic carbocycles. The van der Waals surface area contributed by atoms with E-state index in [0.717, 1.165) is 15.4 Å². The highest BCUT2D eigenvalue weighted by Gasteiger charge is 2.07. The first-order valence-corrected chi connectivity index (χ1v) is 6.81. The van der Waals surface area contributed by atoms with Gasteiger partial charge >= 0.3 is 0 Å². The standard InChI is InChI=1S/C14H13ClFNS/c15-12-3-1-2-4-14(12)18-13-6-5-11(16)9-10(13)7-8-17/h1-6,9H,7-8,17H2. The molecule has 1 nitrogen and oxygen atoms in total. The van der Waals surface area contributed by atoms with Gasteiger partial charge in [-0.05, 0) is 48.9 Å². The van der Waals surface area contributed by atoms with E-state index >= 15 is 0 Å². The molecule has 0 atom stereocenters. The number of hydrogen-bond acceptors (Lipinski definition) is 2. The first-order valence-electron chi connectivity index (χ1n) is 5.61. The number of hydrogen-bond donors (Lipinski definition) is 1. The summed E-state index contributed by atoms with van der Waals surface area (Å²) < 4.78 is 13.2. The van der Waals surface area contributed by atoms with Crippen LogP contribution in [0.5, 0.6) is 0 Å². The molecule has 0 aliphatic heterocycles. The fourth-order valence-corrected chi connectivity index (χ4v) is 2.87. The Hall–Kier alpha value is -1.03. The molecule has 0 aromatic heterocycles. The Bertz CT molecular complexity index is 545. The number of benzene rings is 2. The molecule has 4 heteroatoms. The number of rotatable bonds is 4. The fourth-order valence-electron chi connectivity index (χ4n) is 1.64. The molecule has 0 saturated carbocycles. The van der Waals surface area contributed by atoms with Gasteiger partial charge in [0, 0.05) is 9.79 Å². The zero-order chi connectivity index (χ0) is 13.0. The topological polar surface area (TPSA) is 26.0 Å². The van der Waals surface area contributed by atoms with Gasteiger partial charge in [-0.25, -0.2) is 4.39 Å². The molecule has 0 aliphatic rings. The average molecular weight is 282 g/mol. The molecule has 18 heavy (non-hydrogen) atoms. The minimum atomic E-state index is -0.234. The van der Waals surface area contributed by atoms with Crippen molar-refractivity contribution >= 4 is 23.4 Å². The number of halogens is 2. The molecular formula is C14H13ClFNS. The second kappa shape index (κ2) is 6.23. The van der Waals surface area contributed by atoms with Crippen LogP contribution in [0, 0.1) is 5.82 Å². The van der Waals surface area contributed by atoms with Crippen molar-refractivity contribution in [1.29, 1.82) is 0 Å². The van der Waals surface area contributed by atoms with Crippen molar-refractivity contribution in [3.8, 4) is 0 Å². The monoisotopic (exact) mass is 281 g/mol. The molecule has 0 bridgehead atoms. The van der Waals surface area contributed by atoms with Gasteiger partial charge in [-0.15, -0.1) is 0 Å². The summed E-state index contributed by atoms with van der Waals surface area (Å²) in [6.07, 6.45) is 0.657. The van der Waals surface area contributed by atoms with Crippen LogP contribution in [-0.2, 0) is 6.42 Å². The van der Waals surface area contributed by atoms with E-state index in [4.69, 9.17) is 17.3 Å². The average Bonchev–Trinajstić information content (AvgIpc) is 2.35. The third-order valence-electron chi connectivity index (χ3n) is 2.49. The van der Waals surface area contributed by atoms with Crippen LogP contribution in [0.3, 0.4) is 0 Å². The lowest BCUT2D eigenvalue weighted by molar-refractivity contribution is 0.623. The molecule has 0 radical (unpaired) electrons. The molecule has 2 aromatic carbocycles. The summed E-state index contributed by atoms with van der Waals surface area (Å²) in [6.45, 7) is 0.500. The van der Waals surface area contributed by atoms with E-state index in [9.17, 15) is 4.39 Å². The molecule has 0 saturated heterocycles. The normalized spacial score (nSPS) is 10.6. The Labute approximate surface area is 115 Å². The zero-order valence-electron chi connectivity index (χ0n) is 9.70. The van der Waals surface area contributed by atoms with Crippen LogP contribution in [0.15, 0.2) is 52.3 Å². The van der Waals surface area contributed by atoms with E-state index in [1.54, 1.807) is 6.07 Å². The lowest BCUT2D eigenvalue weighted by atomic mass is 10.1. The Kier molecular flexibility index (Phi) is 4.64. The van der Waals surface area contributed by atoms with Gasteiger partial charge in [0.2, 0.25) is 0 Å². The predicted molar refractivity (Wildman–Crippen MR) is 74.7 cm³/mol. The van der Waals surface area contributed by atoms with Gasteiger partial charge in [-0.3, -0.25) is 0 Å². The van der Waals surface area contributed by atoms with Crippen LogP contribution in [0.4, 0.5) is 4.39 Å². The van der Waals surface area contributed by atoms with Crippen molar-refractivity contribution in [1.82, 2.24) is 0 Å². The maximum Gasteiger partial charge on any atom is 0.123 e. The second-order valence-electron chi connectivity index (χ2n) is 3.82. The Morgan fingerprint density at radius 1 is 1.11 bits per heavy atom. The molecular weight excluding hydrogens is 269 g/mol. The molecule has 2 N–H and O–H groups in total. The Morgan fingerprint density at radius 2 is 1.89 bits per heavy atom. The summed E-state index contributed by atoms with van der Waals surface area (Å²) in [7, 11) is 0. The summed E-state index contributed by atoms with van der Waals surface area (Å²) in [5, 5.41) is 0.700. The van der Waals surface area contributed by atoms with Crippen LogP contribution in [-0.4, -0.2) is 6.54 Å². The maximum absolute atomic E-state index is 13.2. The molecule has 0 heterocycles. The smallest absolute Gasteiger partial charge is 0.123 e. The first kappa shape index (κ1) is 13.4. The zero-order valence-corrected chi connectivity index (χ0v) is 11.3. The first-order chi connectivity index (χ1) is 8.70. The lowest BCUT2D eigenvalue weighted by Crippen LogP contribution is -2.04. The Morgan fingerprint density at radius 3 is 2.61 bits per heavy atom. The van der Waals surface area contributed by atoms with Crippen molar-refractivity contribution in [3.63, 3.8) is 0 Å². The summed E-state index contributed by atoms with van der Waals surface area (Å²) in [4.78, 5) is 1.96. The van der Waals surface area contributed by atoms with Crippen molar-refractivity contribution in [2.75, 3.05) is 6.54 Å². The summed E-state index contributed by atoms with van der Waals surface area (Å²) >= 11 is 7.65. The van der Waals surface area contributed by atoms with Crippen LogP contribution >= 0.6 is 23.4 Å². The molecule has 0 amide bonds. The van der Waals surface area contributed by atoms with Crippen molar-refractivity contribution < 1.29 is 4.39 Å². The fraction of sp³-hybridized carbons (Fsp3) is 0.143. The quantitative estimate of drug-likeness (QED) is 0.912. The van der Waals surface area contributed by atoms with Crippen LogP contribution in [0.25, 0.3) is 0 Å². The third kappa shape index (κ3) is 3.25. The van der Waals surface area contributed by atoms with Crippen LogP contribution in [0.2, 0.25) is 5.02 Å². The molecule has 0 spiro atoms. The SMILES string of the molecule is NCCc1cc(F)ccc1Sc1ccccc1Cl. The largest absolute Gasteiger partial charge is 0.330 e. The van der Waals surface area contributed by atoms with Crippen molar-refractivity contribution in [2.24, 2.45) is 5.73 Å². The molecule has 0 unspecified atom stereocenters. The summed E-state index contributed by atoms with van der Waals surface area (Å²) in [5.74, 6) is -0.234. The Balaban J connectivity index is 2.31. The van der Waals surface area contributed by atoms with E-state index in [2.05, 4.69) is 0 Å². The van der Waals surface area contributed by atoms with Crippen LogP contribution < -0.4 is 5.73 Å². The molecule has 0 fully saturated rings. The van der Waals surface area contributed by atoms with E-state index in [1.165, 1.54) is 23.9 Å². The van der Waals surface area contributed by atoms with Gasteiger partial charge in [-0.2, -0.15) is 0 Å². The molecule has 94 valence electrons. The minimum Gasteiger partial charge on any atom is -0.330 e. The van der Waals surface area contributed by atoms with Gasteiger partial charge in [0.25, 0.3) is 0 Å². The van der Waals surface area contributed by atoms with Gasteiger partial charge in [0.05, 0.1) is 5.02 Å². The highest BCUT2D eigenvalue weighted by Crippen LogP contribution is 2.35.